The molecule has 11 heavy (non-hydrogen) atoms. The fraction of sp³-hybridized carbons (Fsp3) is 1.00. The van der Waals surface area contributed by atoms with Crippen molar-refractivity contribution in [2.45, 2.75) is 0 Å². The van der Waals surface area contributed by atoms with Crippen molar-refractivity contribution in [1.82, 2.24) is 4.31 Å². The highest BCUT2D eigenvalue weighted by Crippen LogP contribution is 2.07. The molecule has 0 radical (unpaired) electrons. The molecule has 1 heterocycles. The predicted molar refractivity (Wildman–Crippen MR) is 50.2 cm³/mol. The highest BCUT2D eigenvalue weighted by Gasteiger charge is 2.22. The zero-order chi connectivity index (χ0) is 8.32. The second-order valence-electron chi connectivity index (χ2n) is 2.23. The van der Waals surface area contributed by atoms with Gasteiger partial charge in [0, 0.05) is 13.1 Å². The van der Waals surface area contributed by atoms with E-state index in [2.05, 4.69) is 0 Å². The van der Waals surface area contributed by atoms with Crippen LogP contribution in [0.4, 0.5) is 0 Å². The minimum Gasteiger partial charge on any atom is -0.379 e. The third kappa shape index (κ3) is 2.53. The Morgan fingerprint density at radius 2 is 1.91 bits per heavy atom. The number of morpholine rings is 1. The van der Waals surface area contributed by atoms with Gasteiger partial charge in [-0.15, -0.1) is 0 Å². The molecule has 1 rings (SSSR count). The molecule has 0 atom stereocenters. The lowest BCUT2D eigenvalue weighted by Gasteiger charge is -2.24. The molecule has 0 N–H and O–H groups in total. The first-order valence-electron chi connectivity index (χ1n) is 3.28. The fourth-order valence-electron chi connectivity index (χ4n) is 0.894. The topological polar surface area (TPSA) is 46.6 Å². The summed E-state index contributed by atoms with van der Waals surface area (Å²) in [7, 11) is -2.98. The van der Waals surface area contributed by atoms with Gasteiger partial charge in [-0.05, 0) is 0 Å². The second kappa shape index (κ2) is 4.01. The van der Waals surface area contributed by atoms with E-state index in [0.29, 0.717) is 26.3 Å². The maximum Gasteiger partial charge on any atom is 0.223 e. The average molecular weight is 291 g/mol. The summed E-state index contributed by atoms with van der Waals surface area (Å²) in [5, 5.41) is 0. The molecule has 66 valence electrons. The number of hydrogen-bond acceptors (Lipinski definition) is 3. The summed E-state index contributed by atoms with van der Waals surface area (Å²) in [6.45, 7) is 2.06. The van der Waals surface area contributed by atoms with Gasteiger partial charge in [0.2, 0.25) is 10.0 Å². The largest absolute Gasteiger partial charge is 0.379 e. The molecule has 0 aromatic rings. The van der Waals surface area contributed by atoms with Crippen LogP contribution in [0.1, 0.15) is 0 Å². The van der Waals surface area contributed by atoms with Gasteiger partial charge in [-0.3, -0.25) is 0 Å². The Kier molecular flexibility index (Phi) is 3.53. The van der Waals surface area contributed by atoms with E-state index >= 15 is 0 Å². The van der Waals surface area contributed by atoms with E-state index < -0.39 is 10.0 Å². The summed E-state index contributed by atoms with van der Waals surface area (Å²) in [6.07, 6.45) is 0. The van der Waals surface area contributed by atoms with Crippen LogP contribution in [0.3, 0.4) is 0 Å². The normalized spacial score (nSPS) is 21.9. The summed E-state index contributed by atoms with van der Waals surface area (Å²) in [4.78, 5) is 0. The predicted octanol–water partition coefficient (Wildman–Crippen LogP) is 0.0409. The number of halogens is 1. The van der Waals surface area contributed by atoms with Gasteiger partial charge in [-0.1, -0.05) is 22.6 Å². The van der Waals surface area contributed by atoms with E-state index in [4.69, 9.17) is 4.74 Å². The second-order valence-corrected chi connectivity index (χ2v) is 6.00. The molecule has 0 unspecified atom stereocenters. The molecule has 1 fully saturated rings. The van der Waals surface area contributed by atoms with Gasteiger partial charge in [0.15, 0.2) is 0 Å². The summed E-state index contributed by atoms with van der Waals surface area (Å²) >= 11 is 1.86. The summed E-state index contributed by atoms with van der Waals surface area (Å²) in [5.41, 5.74) is 0. The minimum atomic E-state index is -2.98. The van der Waals surface area contributed by atoms with Crippen molar-refractivity contribution in [2.75, 3.05) is 30.1 Å². The highest BCUT2D eigenvalue weighted by atomic mass is 127. The first-order valence-corrected chi connectivity index (χ1v) is 6.42. The standard InChI is InChI=1S/C5H10INO3S/c6-5-11(8,9)7-1-3-10-4-2-7/h1-5H2. The van der Waals surface area contributed by atoms with Crippen LogP contribution >= 0.6 is 22.6 Å². The van der Waals surface area contributed by atoms with Crippen molar-refractivity contribution in [2.24, 2.45) is 0 Å². The van der Waals surface area contributed by atoms with E-state index in [1.165, 1.54) is 4.31 Å². The molecule has 1 aliphatic rings. The molecular weight excluding hydrogens is 281 g/mol. The van der Waals surface area contributed by atoms with E-state index in [1.54, 1.807) is 0 Å². The minimum absolute atomic E-state index is 0.157. The molecule has 0 aliphatic carbocycles. The maximum absolute atomic E-state index is 11.2. The molecule has 1 aliphatic heterocycles. The molecule has 0 bridgehead atoms. The molecular formula is C5H10INO3S. The lowest BCUT2D eigenvalue weighted by molar-refractivity contribution is 0.0733. The van der Waals surface area contributed by atoms with Crippen molar-refractivity contribution in [1.29, 1.82) is 0 Å². The summed E-state index contributed by atoms with van der Waals surface area (Å²) in [6, 6.07) is 0. The number of rotatable bonds is 2. The van der Waals surface area contributed by atoms with Gasteiger partial charge in [0.1, 0.15) is 3.76 Å². The van der Waals surface area contributed by atoms with Gasteiger partial charge in [-0.2, -0.15) is 4.31 Å². The molecule has 6 heteroatoms. The molecule has 4 nitrogen and oxygen atoms in total. The van der Waals surface area contributed by atoms with Crippen LogP contribution in [0, 0.1) is 0 Å². The number of alkyl halides is 1. The van der Waals surface area contributed by atoms with Gasteiger partial charge in [0.25, 0.3) is 0 Å². The van der Waals surface area contributed by atoms with Gasteiger partial charge in [-0.25, -0.2) is 8.42 Å². The van der Waals surface area contributed by atoms with Crippen molar-refractivity contribution in [3.05, 3.63) is 0 Å². The third-order valence-electron chi connectivity index (χ3n) is 1.50. The van der Waals surface area contributed by atoms with E-state index in [-0.39, 0.29) is 3.76 Å². The molecule has 0 saturated carbocycles. The van der Waals surface area contributed by atoms with Crippen LogP contribution < -0.4 is 0 Å². The Labute approximate surface area is 80.1 Å². The third-order valence-corrected chi connectivity index (χ3v) is 5.29. The monoisotopic (exact) mass is 291 g/mol. The average Bonchev–Trinajstić information content (AvgIpc) is 2.06. The first kappa shape index (κ1) is 9.69. The molecule has 0 spiro atoms. The van der Waals surface area contributed by atoms with E-state index in [0.717, 1.165) is 0 Å². The van der Waals surface area contributed by atoms with E-state index in [9.17, 15) is 8.42 Å². The zero-order valence-corrected chi connectivity index (χ0v) is 8.97. The maximum atomic E-state index is 11.2. The lowest BCUT2D eigenvalue weighted by atomic mass is 10.5. The van der Waals surface area contributed by atoms with Crippen molar-refractivity contribution in [3.63, 3.8) is 0 Å². The van der Waals surface area contributed by atoms with Crippen LogP contribution in [0.5, 0.6) is 0 Å². The number of nitrogens with zero attached hydrogens (tertiary/aromatic N) is 1. The number of ether oxygens (including phenoxy) is 1. The fourth-order valence-corrected chi connectivity index (χ4v) is 2.92. The van der Waals surface area contributed by atoms with Gasteiger partial charge >= 0.3 is 0 Å². The number of hydrogen-bond donors (Lipinski definition) is 0. The van der Waals surface area contributed by atoms with Crippen molar-refractivity contribution < 1.29 is 13.2 Å². The Hall–Kier alpha value is 0.600. The molecule has 0 amide bonds. The van der Waals surface area contributed by atoms with Crippen LogP contribution in [0.25, 0.3) is 0 Å². The Bertz CT molecular complexity index is 210. The smallest absolute Gasteiger partial charge is 0.223 e. The van der Waals surface area contributed by atoms with Crippen LogP contribution in [-0.2, 0) is 14.8 Å². The van der Waals surface area contributed by atoms with Crippen LogP contribution in [0.15, 0.2) is 0 Å². The number of sulfonamides is 1. The zero-order valence-electron chi connectivity index (χ0n) is 5.99. The van der Waals surface area contributed by atoms with E-state index in [1.807, 2.05) is 22.6 Å². The summed E-state index contributed by atoms with van der Waals surface area (Å²) in [5.74, 6) is 0. The SMILES string of the molecule is O=S(=O)(CI)N1CCOCC1. The van der Waals surface area contributed by atoms with Gasteiger partial charge in [0.05, 0.1) is 13.2 Å². The highest BCUT2D eigenvalue weighted by molar-refractivity contribution is 14.1. The van der Waals surface area contributed by atoms with Crippen LogP contribution in [0.2, 0.25) is 0 Å². The Morgan fingerprint density at radius 3 is 2.36 bits per heavy atom. The van der Waals surface area contributed by atoms with Crippen LogP contribution in [-0.4, -0.2) is 42.8 Å². The Balaban J connectivity index is 2.58. The summed E-state index contributed by atoms with van der Waals surface area (Å²) < 4.78 is 29.1. The quantitative estimate of drug-likeness (QED) is 0.533. The van der Waals surface area contributed by atoms with Crippen molar-refractivity contribution in [3.8, 4) is 0 Å². The molecule has 0 aromatic heterocycles. The Morgan fingerprint density at radius 1 is 1.36 bits per heavy atom. The first-order chi connectivity index (χ1) is 5.17. The lowest BCUT2D eigenvalue weighted by Crippen LogP contribution is -2.40. The molecule has 0 aromatic carbocycles. The van der Waals surface area contributed by atoms with Crippen molar-refractivity contribution >= 4 is 32.6 Å². The molecule has 1 saturated heterocycles. The van der Waals surface area contributed by atoms with Gasteiger partial charge < -0.3 is 4.74 Å².